The van der Waals surface area contributed by atoms with Gasteiger partial charge in [0.1, 0.15) is 5.82 Å². The summed E-state index contributed by atoms with van der Waals surface area (Å²) in [6.07, 6.45) is 2.39. The zero-order valence-corrected chi connectivity index (χ0v) is 13.2. The van der Waals surface area contributed by atoms with Gasteiger partial charge in [0.2, 0.25) is 0 Å². The van der Waals surface area contributed by atoms with Crippen LogP contribution in [0.15, 0.2) is 22.7 Å². The summed E-state index contributed by atoms with van der Waals surface area (Å²) >= 11 is 3.28. The van der Waals surface area contributed by atoms with E-state index in [0.717, 1.165) is 24.1 Å². The Morgan fingerprint density at radius 2 is 2.11 bits per heavy atom. The van der Waals surface area contributed by atoms with Crippen molar-refractivity contribution in [3.63, 3.8) is 0 Å². The van der Waals surface area contributed by atoms with Crippen molar-refractivity contribution in [2.45, 2.75) is 32.7 Å². The molecule has 0 aromatic heterocycles. The average molecular weight is 329 g/mol. The molecule has 1 aliphatic rings. The Balaban J connectivity index is 1.92. The Bertz CT molecular complexity index is 417. The van der Waals surface area contributed by atoms with E-state index in [2.05, 4.69) is 40.0 Å². The van der Waals surface area contributed by atoms with Crippen LogP contribution in [0.3, 0.4) is 0 Å². The van der Waals surface area contributed by atoms with E-state index in [4.69, 9.17) is 0 Å². The molecule has 1 atom stereocenters. The summed E-state index contributed by atoms with van der Waals surface area (Å²) in [5.74, 6) is 0.443. The van der Waals surface area contributed by atoms with Crippen molar-refractivity contribution < 1.29 is 4.39 Å². The van der Waals surface area contributed by atoms with Crippen molar-refractivity contribution in [3.8, 4) is 0 Å². The van der Waals surface area contributed by atoms with Crippen LogP contribution in [-0.2, 0) is 0 Å². The average Bonchev–Trinajstić information content (AvgIpc) is 2.42. The molecule has 2 nitrogen and oxygen atoms in total. The minimum absolute atomic E-state index is 0.188. The highest BCUT2D eigenvalue weighted by atomic mass is 79.9. The summed E-state index contributed by atoms with van der Waals surface area (Å²) in [5.41, 5.74) is 0.605. The van der Waals surface area contributed by atoms with Crippen LogP contribution in [0.5, 0.6) is 0 Å². The molecule has 1 aromatic carbocycles. The van der Waals surface area contributed by atoms with E-state index >= 15 is 0 Å². The molecule has 1 aliphatic heterocycles. The Labute approximate surface area is 123 Å². The Morgan fingerprint density at radius 3 is 2.68 bits per heavy atom. The molecule has 0 amide bonds. The fourth-order valence-electron chi connectivity index (χ4n) is 2.74. The van der Waals surface area contributed by atoms with Gasteiger partial charge in [0, 0.05) is 10.5 Å². The second-order valence-electron chi connectivity index (χ2n) is 5.33. The molecule has 2 rings (SSSR count). The molecule has 1 fully saturated rings. The van der Waals surface area contributed by atoms with Crippen LogP contribution in [0.4, 0.5) is 10.1 Å². The standard InChI is InChI=1S/C15H22BrFN2/c1-3-19-8-6-12(7-9-19)11(2)18-15-5-4-13(16)10-14(15)17/h4-5,10-12,18H,3,6-9H2,1-2H3. The second-order valence-corrected chi connectivity index (χ2v) is 6.24. The molecule has 1 unspecified atom stereocenters. The summed E-state index contributed by atoms with van der Waals surface area (Å²) in [4.78, 5) is 2.48. The number of halogens is 2. The summed E-state index contributed by atoms with van der Waals surface area (Å²) in [7, 11) is 0. The number of likely N-dealkylation sites (tertiary alicyclic amines) is 1. The van der Waals surface area contributed by atoms with Gasteiger partial charge in [0.05, 0.1) is 5.69 Å². The molecule has 1 N–H and O–H groups in total. The molecule has 1 saturated heterocycles. The van der Waals surface area contributed by atoms with E-state index in [1.165, 1.54) is 18.9 Å². The fraction of sp³-hybridized carbons (Fsp3) is 0.600. The fourth-order valence-corrected chi connectivity index (χ4v) is 3.07. The number of hydrogen-bond acceptors (Lipinski definition) is 2. The summed E-state index contributed by atoms with van der Waals surface area (Å²) in [5, 5.41) is 3.33. The van der Waals surface area contributed by atoms with Crippen LogP contribution in [0.2, 0.25) is 0 Å². The quantitative estimate of drug-likeness (QED) is 0.894. The van der Waals surface area contributed by atoms with Gasteiger partial charge in [-0.15, -0.1) is 0 Å². The smallest absolute Gasteiger partial charge is 0.147 e. The first-order valence-electron chi connectivity index (χ1n) is 7.04. The molecule has 19 heavy (non-hydrogen) atoms. The highest BCUT2D eigenvalue weighted by Gasteiger charge is 2.23. The van der Waals surface area contributed by atoms with Crippen molar-refractivity contribution in [3.05, 3.63) is 28.5 Å². The van der Waals surface area contributed by atoms with Gasteiger partial charge in [-0.05, 0) is 63.5 Å². The third kappa shape index (κ3) is 3.93. The molecule has 0 bridgehead atoms. The molecule has 0 spiro atoms. The lowest BCUT2D eigenvalue weighted by molar-refractivity contribution is 0.183. The first-order chi connectivity index (χ1) is 9.10. The predicted octanol–water partition coefficient (Wildman–Crippen LogP) is 4.12. The van der Waals surface area contributed by atoms with Gasteiger partial charge in [-0.3, -0.25) is 0 Å². The third-order valence-corrected chi connectivity index (χ3v) is 4.59. The van der Waals surface area contributed by atoms with Crippen LogP contribution in [0.1, 0.15) is 26.7 Å². The maximum Gasteiger partial charge on any atom is 0.147 e. The topological polar surface area (TPSA) is 15.3 Å². The Morgan fingerprint density at radius 1 is 1.42 bits per heavy atom. The number of rotatable bonds is 4. The van der Waals surface area contributed by atoms with E-state index < -0.39 is 0 Å². The number of benzene rings is 1. The lowest BCUT2D eigenvalue weighted by Crippen LogP contribution is -2.39. The molecule has 1 heterocycles. The van der Waals surface area contributed by atoms with Crippen LogP contribution in [0, 0.1) is 11.7 Å². The Kier molecular flexibility index (Phi) is 5.22. The van der Waals surface area contributed by atoms with Gasteiger partial charge in [-0.2, -0.15) is 0 Å². The molecular formula is C15H22BrFN2. The van der Waals surface area contributed by atoms with E-state index in [9.17, 15) is 4.39 Å². The van der Waals surface area contributed by atoms with Gasteiger partial charge >= 0.3 is 0 Å². The van der Waals surface area contributed by atoms with Gasteiger partial charge in [-0.25, -0.2) is 4.39 Å². The maximum atomic E-state index is 13.8. The molecule has 1 aromatic rings. The van der Waals surface area contributed by atoms with Gasteiger partial charge in [0.15, 0.2) is 0 Å². The number of nitrogens with zero attached hydrogens (tertiary/aromatic N) is 1. The van der Waals surface area contributed by atoms with E-state index in [1.807, 2.05) is 6.07 Å². The summed E-state index contributed by atoms with van der Waals surface area (Å²) in [6, 6.07) is 5.50. The minimum atomic E-state index is -0.188. The zero-order chi connectivity index (χ0) is 13.8. The van der Waals surface area contributed by atoms with Crippen molar-refractivity contribution in [1.29, 1.82) is 0 Å². The third-order valence-electron chi connectivity index (χ3n) is 4.10. The number of anilines is 1. The molecular weight excluding hydrogens is 307 g/mol. The Hall–Kier alpha value is -0.610. The van der Waals surface area contributed by atoms with Crippen LogP contribution in [0.25, 0.3) is 0 Å². The lowest BCUT2D eigenvalue weighted by Gasteiger charge is -2.34. The largest absolute Gasteiger partial charge is 0.380 e. The van der Waals surface area contributed by atoms with Crippen molar-refractivity contribution >= 4 is 21.6 Å². The van der Waals surface area contributed by atoms with E-state index in [0.29, 0.717) is 17.6 Å². The van der Waals surface area contributed by atoms with Crippen molar-refractivity contribution in [1.82, 2.24) is 4.90 Å². The van der Waals surface area contributed by atoms with Gasteiger partial charge in [0.25, 0.3) is 0 Å². The van der Waals surface area contributed by atoms with Crippen molar-refractivity contribution in [2.24, 2.45) is 5.92 Å². The molecule has 0 aliphatic carbocycles. The first kappa shape index (κ1) is 14.8. The SMILES string of the molecule is CCN1CCC(C(C)Nc2ccc(Br)cc2F)CC1. The maximum absolute atomic E-state index is 13.8. The predicted molar refractivity (Wildman–Crippen MR) is 82.0 cm³/mol. The molecule has 0 radical (unpaired) electrons. The van der Waals surface area contributed by atoms with Crippen molar-refractivity contribution in [2.75, 3.05) is 25.0 Å². The first-order valence-corrected chi connectivity index (χ1v) is 7.83. The summed E-state index contributed by atoms with van der Waals surface area (Å²) < 4.78 is 14.6. The molecule has 106 valence electrons. The highest BCUT2D eigenvalue weighted by molar-refractivity contribution is 9.10. The number of hydrogen-bond donors (Lipinski definition) is 1. The zero-order valence-electron chi connectivity index (χ0n) is 11.6. The van der Waals surface area contributed by atoms with Crippen LogP contribution >= 0.6 is 15.9 Å². The van der Waals surface area contributed by atoms with Gasteiger partial charge < -0.3 is 10.2 Å². The number of piperidine rings is 1. The normalized spacial score (nSPS) is 19.4. The van der Waals surface area contributed by atoms with Crippen LogP contribution < -0.4 is 5.32 Å². The molecule has 4 heteroatoms. The van der Waals surface area contributed by atoms with E-state index in [-0.39, 0.29) is 5.82 Å². The van der Waals surface area contributed by atoms with Crippen LogP contribution in [-0.4, -0.2) is 30.6 Å². The second kappa shape index (κ2) is 6.71. The van der Waals surface area contributed by atoms with Gasteiger partial charge in [-0.1, -0.05) is 22.9 Å². The monoisotopic (exact) mass is 328 g/mol. The summed E-state index contributed by atoms with van der Waals surface area (Å²) in [6.45, 7) is 7.83. The lowest BCUT2D eigenvalue weighted by atomic mass is 9.90. The van der Waals surface area contributed by atoms with E-state index in [1.54, 1.807) is 6.07 Å². The number of nitrogens with one attached hydrogen (secondary N) is 1. The molecule has 0 saturated carbocycles. The minimum Gasteiger partial charge on any atom is -0.380 e. The highest BCUT2D eigenvalue weighted by Crippen LogP contribution is 2.25.